The van der Waals surface area contributed by atoms with E-state index in [9.17, 15) is 13.9 Å². The van der Waals surface area contributed by atoms with Crippen molar-refractivity contribution in [3.05, 3.63) is 41.1 Å². The lowest BCUT2D eigenvalue weighted by atomic mass is 10.3. The Labute approximate surface area is 107 Å². The van der Waals surface area contributed by atoms with E-state index < -0.39 is 11.6 Å². The summed E-state index contributed by atoms with van der Waals surface area (Å²) in [5.41, 5.74) is 1.43. The zero-order chi connectivity index (χ0) is 13.3. The van der Waals surface area contributed by atoms with Crippen molar-refractivity contribution in [2.45, 2.75) is 23.5 Å². The van der Waals surface area contributed by atoms with Crippen molar-refractivity contribution in [1.82, 2.24) is 9.78 Å². The van der Waals surface area contributed by atoms with E-state index >= 15 is 0 Å². The molecule has 0 atom stereocenters. The van der Waals surface area contributed by atoms with Gasteiger partial charge in [-0.05, 0) is 25.1 Å². The lowest BCUT2D eigenvalue weighted by molar-refractivity contribution is 0.277. The van der Waals surface area contributed by atoms with E-state index in [0.717, 1.165) is 22.9 Å². The molecule has 0 aliphatic rings. The molecule has 0 spiro atoms. The molecular formula is C12H12F2N2OS. The summed E-state index contributed by atoms with van der Waals surface area (Å²) in [7, 11) is 1.74. The molecule has 0 saturated heterocycles. The fraction of sp³-hybridized carbons (Fsp3) is 0.250. The fourth-order valence-corrected chi connectivity index (χ4v) is 2.67. The van der Waals surface area contributed by atoms with Gasteiger partial charge < -0.3 is 5.11 Å². The minimum atomic E-state index is -0.885. The maximum absolute atomic E-state index is 13.1. The Morgan fingerprint density at radius 3 is 2.67 bits per heavy atom. The molecule has 0 bridgehead atoms. The highest BCUT2D eigenvalue weighted by molar-refractivity contribution is 7.99. The number of aromatic nitrogens is 2. The van der Waals surface area contributed by atoms with E-state index in [1.807, 2.05) is 0 Å². The van der Waals surface area contributed by atoms with E-state index in [1.165, 1.54) is 17.8 Å². The van der Waals surface area contributed by atoms with Gasteiger partial charge in [-0.15, -0.1) is 0 Å². The van der Waals surface area contributed by atoms with Crippen molar-refractivity contribution in [3.63, 3.8) is 0 Å². The average Bonchev–Trinajstić information content (AvgIpc) is 2.58. The van der Waals surface area contributed by atoms with Gasteiger partial charge in [0, 0.05) is 17.5 Å². The van der Waals surface area contributed by atoms with Gasteiger partial charge in [-0.2, -0.15) is 5.10 Å². The fourth-order valence-electron chi connectivity index (χ4n) is 1.64. The summed E-state index contributed by atoms with van der Waals surface area (Å²) in [6.07, 6.45) is 0. The number of hydrogen-bond acceptors (Lipinski definition) is 3. The first-order valence-electron chi connectivity index (χ1n) is 5.29. The number of benzene rings is 1. The Bertz CT molecular complexity index is 584. The van der Waals surface area contributed by atoms with Crippen LogP contribution in [-0.4, -0.2) is 14.9 Å². The Morgan fingerprint density at radius 1 is 1.33 bits per heavy atom. The van der Waals surface area contributed by atoms with Gasteiger partial charge in [0.15, 0.2) is 11.6 Å². The third kappa shape index (κ3) is 2.39. The summed E-state index contributed by atoms with van der Waals surface area (Å²) in [5.74, 6) is -1.76. The number of nitrogens with zero attached hydrogens (tertiary/aromatic N) is 2. The normalized spacial score (nSPS) is 10.9. The largest absolute Gasteiger partial charge is 0.392 e. The molecule has 6 heteroatoms. The lowest BCUT2D eigenvalue weighted by Crippen LogP contribution is -1.94. The number of aliphatic hydroxyl groups excluding tert-OH is 1. The SMILES string of the molecule is Cc1nn(C)c(Sc2ccc(F)c(F)c2)c1CO. The predicted octanol–water partition coefficient (Wildman–Crippen LogP) is 2.65. The van der Waals surface area contributed by atoms with Crippen LogP contribution in [0.1, 0.15) is 11.3 Å². The number of aryl methyl sites for hydroxylation is 2. The molecule has 0 radical (unpaired) electrons. The molecule has 1 aromatic heterocycles. The third-order valence-electron chi connectivity index (χ3n) is 2.55. The van der Waals surface area contributed by atoms with E-state index in [0.29, 0.717) is 10.5 Å². The Kier molecular flexibility index (Phi) is 3.68. The minimum absolute atomic E-state index is 0.133. The van der Waals surface area contributed by atoms with Crippen LogP contribution in [0.15, 0.2) is 28.1 Å². The maximum atomic E-state index is 13.1. The average molecular weight is 270 g/mol. The highest BCUT2D eigenvalue weighted by atomic mass is 32.2. The first kappa shape index (κ1) is 13.0. The summed E-state index contributed by atoms with van der Waals surface area (Å²) in [6.45, 7) is 1.66. The summed E-state index contributed by atoms with van der Waals surface area (Å²) < 4.78 is 27.6. The number of hydrogen-bond donors (Lipinski definition) is 1. The van der Waals surface area contributed by atoms with Gasteiger partial charge in [0.25, 0.3) is 0 Å². The van der Waals surface area contributed by atoms with Crippen LogP contribution in [0.4, 0.5) is 8.78 Å². The third-order valence-corrected chi connectivity index (χ3v) is 3.75. The van der Waals surface area contributed by atoms with Crippen LogP contribution >= 0.6 is 11.8 Å². The topological polar surface area (TPSA) is 38.0 Å². The highest BCUT2D eigenvalue weighted by Crippen LogP contribution is 2.32. The van der Waals surface area contributed by atoms with Crippen molar-refractivity contribution < 1.29 is 13.9 Å². The molecule has 18 heavy (non-hydrogen) atoms. The second-order valence-electron chi connectivity index (χ2n) is 3.83. The Balaban J connectivity index is 2.36. The smallest absolute Gasteiger partial charge is 0.159 e. The van der Waals surface area contributed by atoms with Crippen molar-refractivity contribution >= 4 is 11.8 Å². The molecule has 1 aromatic carbocycles. The van der Waals surface area contributed by atoms with Crippen LogP contribution in [0.2, 0.25) is 0 Å². The molecule has 2 rings (SSSR count). The molecule has 96 valence electrons. The number of halogens is 2. The quantitative estimate of drug-likeness (QED) is 0.931. The van der Waals surface area contributed by atoms with Crippen molar-refractivity contribution in [3.8, 4) is 0 Å². The molecule has 0 unspecified atom stereocenters. The van der Waals surface area contributed by atoms with Gasteiger partial charge in [0.2, 0.25) is 0 Å². The monoisotopic (exact) mass is 270 g/mol. The van der Waals surface area contributed by atoms with Gasteiger partial charge in [-0.25, -0.2) is 8.78 Å². The molecule has 1 N–H and O–H groups in total. The molecule has 0 amide bonds. The Morgan fingerprint density at radius 2 is 2.06 bits per heavy atom. The van der Waals surface area contributed by atoms with E-state index in [-0.39, 0.29) is 6.61 Å². The van der Waals surface area contributed by atoms with Gasteiger partial charge in [-0.3, -0.25) is 4.68 Å². The van der Waals surface area contributed by atoms with Crippen LogP contribution in [0.25, 0.3) is 0 Å². The van der Waals surface area contributed by atoms with Crippen LogP contribution < -0.4 is 0 Å². The standard InChI is InChI=1S/C12H12F2N2OS/c1-7-9(6-17)12(16(2)15-7)18-8-3-4-10(13)11(14)5-8/h3-5,17H,6H2,1-2H3. The molecule has 2 aromatic rings. The van der Waals surface area contributed by atoms with E-state index in [1.54, 1.807) is 18.7 Å². The number of aliphatic hydroxyl groups is 1. The minimum Gasteiger partial charge on any atom is -0.392 e. The van der Waals surface area contributed by atoms with Crippen LogP contribution in [0.3, 0.4) is 0 Å². The van der Waals surface area contributed by atoms with Crippen molar-refractivity contribution in [1.29, 1.82) is 0 Å². The zero-order valence-corrected chi connectivity index (χ0v) is 10.8. The lowest BCUT2D eigenvalue weighted by Gasteiger charge is -2.05. The molecule has 0 aliphatic heterocycles. The second kappa shape index (κ2) is 5.07. The van der Waals surface area contributed by atoms with Gasteiger partial charge in [0.05, 0.1) is 12.3 Å². The molecule has 0 fully saturated rings. The van der Waals surface area contributed by atoms with Crippen molar-refractivity contribution in [2.24, 2.45) is 7.05 Å². The van der Waals surface area contributed by atoms with Crippen molar-refractivity contribution in [2.75, 3.05) is 0 Å². The summed E-state index contributed by atoms with van der Waals surface area (Å²) >= 11 is 1.24. The molecule has 0 aliphatic carbocycles. The first-order chi connectivity index (χ1) is 8.52. The molecule has 1 heterocycles. The first-order valence-corrected chi connectivity index (χ1v) is 6.10. The molecule has 3 nitrogen and oxygen atoms in total. The summed E-state index contributed by atoms with van der Waals surface area (Å²) in [4.78, 5) is 0.562. The van der Waals surface area contributed by atoms with Gasteiger partial charge in [0.1, 0.15) is 5.03 Å². The number of rotatable bonds is 3. The molecular weight excluding hydrogens is 258 g/mol. The molecule has 0 saturated carbocycles. The van der Waals surface area contributed by atoms with Gasteiger partial charge in [-0.1, -0.05) is 11.8 Å². The van der Waals surface area contributed by atoms with E-state index in [4.69, 9.17) is 0 Å². The van der Waals surface area contributed by atoms with Crippen LogP contribution in [0, 0.1) is 18.6 Å². The van der Waals surface area contributed by atoms with Crippen LogP contribution in [-0.2, 0) is 13.7 Å². The summed E-state index contributed by atoms with van der Waals surface area (Å²) in [6, 6.07) is 3.70. The predicted molar refractivity (Wildman–Crippen MR) is 64.3 cm³/mol. The highest BCUT2D eigenvalue weighted by Gasteiger charge is 2.14. The Hall–Kier alpha value is -1.40. The zero-order valence-electron chi connectivity index (χ0n) is 9.94. The maximum Gasteiger partial charge on any atom is 0.159 e. The van der Waals surface area contributed by atoms with E-state index in [2.05, 4.69) is 5.10 Å². The summed E-state index contributed by atoms with van der Waals surface area (Å²) in [5, 5.41) is 14.2. The van der Waals surface area contributed by atoms with Gasteiger partial charge >= 0.3 is 0 Å². The second-order valence-corrected chi connectivity index (χ2v) is 4.89. The van der Waals surface area contributed by atoms with Crippen LogP contribution in [0.5, 0.6) is 0 Å².